The Morgan fingerprint density at radius 1 is 1.65 bits per heavy atom. The Balaban J connectivity index is 3.12. The second-order valence-electron chi connectivity index (χ2n) is 3.60. The van der Waals surface area contributed by atoms with Gasteiger partial charge in [-0.25, -0.2) is 0 Å². The van der Waals surface area contributed by atoms with Crippen molar-refractivity contribution in [3.63, 3.8) is 0 Å². The standard InChI is InChI=1S/C11H13BrN2O3/c1-2-3-4-10(13)8-5-7(14(16)17)6-9(12)11(8)15/h2,5-6,10,15H,1,3-4,13H2/t10-/m1/s1. The molecule has 0 radical (unpaired) electrons. The molecule has 0 aromatic heterocycles. The van der Waals surface area contributed by atoms with Crippen molar-refractivity contribution in [1.29, 1.82) is 0 Å². The van der Waals surface area contributed by atoms with E-state index in [-0.39, 0.29) is 15.9 Å². The van der Waals surface area contributed by atoms with E-state index in [2.05, 4.69) is 22.5 Å². The molecule has 1 atom stereocenters. The van der Waals surface area contributed by atoms with Crippen LogP contribution in [0.1, 0.15) is 24.4 Å². The Labute approximate surface area is 107 Å². The van der Waals surface area contributed by atoms with Crippen LogP contribution in [-0.2, 0) is 0 Å². The van der Waals surface area contributed by atoms with Gasteiger partial charge in [-0.1, -0.05) is 6.08 Å². The van der Waals surface area contributed by atoms with E-state index in [4.69, 9.17) is 5.73 Å². The van der Waals surface area contributed by atoms with Gasteiger partial charge in [-0.2, -0.15) is 0 Å². The fourth-order valence-corrected chi connectivity index (χ4v) is 1.91. The zero-order chi connectivity index (χ0) is 13.0. The number of halogens is 1. The van der Waals surface area contributed by atoms with Gasteiger partial charge in [0.2, 0.25) is 0 Å². The topological polar surface area (TPSA) is 89.4 Å². The van der Waals surface area contributed by atoms with Crippen LogP contribution in [0, 0.1) is 10.1 Å². The van der Waals surface area contributed by atoms with Crippen molar-refractivity contribution in [1.82, 2.24) is 0 Å². The number of hydrogen-bond acceptors (Lipinski definition) is 4. The van der Waals surface area contributed by atoms with Gasteiger partial charge in [0.25, 0.3) is 5.69 Å². The average Bonchev–Trinajstić information content (AvgIpc) is 2.29. The van der Waals surface area contributed by atoms with E-state index in [1.807, 2.05) is 0 Å². The number of phenolic OH excluding ortho intramolecular Hbond substituents is 1. The Hall–Kier alpha value is -1.40. The minimum Gasteiger partial charge on any atom is -0.506 e. The molecule has 0 saturated carbocycles. The number of nitro benzene ring substituents is 1. The molecule has 1 aromatic carbocycles. The molecule has 17 heavy (non-hydrogen) atoms. The maximum atomic E-state index is 10.7. The molecule has 6 heteroatoms. The van der Waals surface area contributed by atoms with Gasteiger partial charge < -0.3 is 10.8 Å². The molecule has 0 spiro atoms. The summed E-state index contributed by atoms with van der Waals surface area (Å²) in [5, 5.41) is 20.5. The summed E-state index contributed by atoms with van der Waals surface area (Å²) < 4.78 is 0.274. The lowest BCUT2D eigenvalue weighted by atomic mass is 10.0. The van der Waals surface area contributed by atoms with E-state index >= 15 is 0 Å². The predicted molar refractivity (Wildman–Crippen MR) is 68.8 cm³/mol. The molecule has 3 N–H and O–H groups in total. The van der Waals surface area contributed by atoms with Crippen molar-refractivity contribution in [2.75, 3.05) is 0 Å². The van der Waals surface area contributed by atoms with Crippen molar-refractivity contribution in [2.45, 2.75) is 18.9 Å². The highest BCUT2D eigenvalue weighted by atomic mass is 79.9. The summed E-state index contributed by atoms with van der Waals surface area (Å²) in [6.45, 7) is 3.58. The van der Waals surface area contributed by atoms with Gasteiger partial charge in [0.05, 0.1) is 9.40 Å². The van der Waals surface area contributed by atoms with Crippen molar-refractivity contribution in [3.8, 4) is 5.75 Å². The summed E-state index contributed by atoms with van der Waals surface area (Å²) in [6.07, 6.45) is 2.97. The highest BCUT2D eigenvalue weighted by Crippen LogP contribution is 2.36. The Kier molecular flexibility index (Phi) is 4.65. The molecule has 0 fully saturated rings. The van der Waals surface area contributed by atoms with Crippen LogP contribution in [0.2, 0.25) is 0 Å². The molecule has 0 aliphatic heterocycles. The highest BCUT2D eigenvalue weighted by molar-refractivity contribution is 9.10. The molecular weight excluding hydrogens is 288 g/mol. The van der Waals surface area contributed by atoms with Gasteiger partial charge in [-0.3, -0.25) is 10.1 Å². The van der Waals surface area contributed by atoms with E-state index in [1.165, 1.54) is 12.1 Å². The van der Waals surface area contributed by atoms with Crippen molar-refractivity contribution >= 4 is 21.6 Å². The van der Waals surface area contributed by atoms with Gasteiger partial charge in [0.15, 0.2) is 0 Å². The van der Waals surface area contributed by atoms with Crippen molar-refractivity contribution in [2.24, 2.45) is 5.73 Å². The largest absolute Gasteiger partial charge is 0.506 e. The first-order valence-electron chi connectivity index (χ1n) is 5.00. The number of nitrogens with two attached hydrogens (primary N) is 1. The van der Waals surface area contributed by atoms with Crippen LogP contribution in [0.15, 0.2) is 29.3 Å². The fraction of sp³-hybridized carbons (Fsp3) is 0.273. The maximum Gasteiger partial charge on any atom is 0.271 e. The predicted octanol–water partition coefficient (Wildman–Crippen LogP) is 3.03. The number of hydrogen-bond donors (Lipinski definition) is 2. The lowest BCUT2D eigenvalue weighted by molar-refractivity contribution is -0.385. The van der Waals surface area contributed by atoms with E-state index in [1.54, 1.807) is 6.08 Å². The lowest BCUT2D eigenvalue weighted by Gasteiger charge is -2.13. The number of benzene rings is 1. The number of rotatable bonds is 5. The summed E-state index contributed by atoms with van der Waals surface area (Å²) in [5.74, 6) is -0.0489. The first kappa shape index (κ1) is 13.7. The maximum absolute atomic E-state index is 10.7. The number of nitrogens with zero attached hydrogens (tertiary/aromatic N) is 1. The smallest absolute Gasteiger partial charge is 0.271 e. The van der Waals surface area contributed by atoms with Crippen LogP contribution >= 0.6 is 15.9 Å². The van der Waals surface area contributed by atoms with E-state index in [0.29, 0.717) is 18.4 Å². The summed E-state index contributed by atoms with van der Waals surface area (Å²) >= 11 is 3.07. The molecule has 0 bridgehead atoms. The Bertz CT molecular complexity index is 449. The van der Waals surface area contributed by atoms with Crippen LogP contribution in [0.4, 0.5) is 5.69 Å². The first-order valence-corrected chi connectivity index (χ1v) is 5.80. The monoisotopic (exact) mass is 300 g/mol. The minimum atomic E-state index is -0.520. The third kappa shape index (κ3) is 3.28. The zero-order valence-corrected chi connectivity index (χ0v) is 10.7. The van der Waals surface area contributed by atoms with Crippen LogP contribution in [0.25, 0.3) is 0 Å². The van der Waals surface area contributed by atoms with Gasteiger partial charge in [0.1, 0.15) is 5.75 Å². The summed E-state index contributed by atoms with van der Waals surface area (Å²) in [6, 6.07) is 2.09. The van der Waals surface area contributed by atoms with Crippen LogP contribution < -0.4 is 5.73 Å². The van der Waals surface area contributed by atoms with Gasteiger partial charge in [0, 0.05) is 23.7 Å². The zero-order valence-electron chi connectivity index (χ0n) is 9.10. The van der Waals surface area contributed by atoms with E-state index in [0.717, 1.165) is 0 Å². The average molecular weight is 301 g/mol. The molecule has 0 heterocycles. The van der Waals surface area contributed by atoms with Gasteiger partial charge >= 0.3 is 0 Å². The normalized spacial score (nSPS) is 12.1. The van der Waals surface area contributed by atoms with E-state index < -0.39 is 11.0 Å². The molecular formula is C11H13BrN2O3. The van der Waals surface area contributed by atoms with Crippen molar-refractivity contribution < 1.29 is 10.0 Å². The summed E-state index contributed by atoms with van der Waals surface area (Å²) in [7, 11) is 0. The molecule has 0 unspecified atom stereocenters. The Morgan fingerprint density at radius 3 is 2.82 bits per heavy atom. The second-order valence-corrected chi connectivity index (χ2v) is 4.45. The summed E-state index contributed by atoms with van der Waals surface area (Å²) in [4.78, 5) is 10.2. The van der Waals surface area contributed by atoms with Gasteiger partial charge in [-0.05, 0) is 28.8 Å². The molecule has 0 aliphatic carbocycles. The van der Waals surface area contributed by atoms with Crippen LogP contribution in [0.3, 0.4) is 0 Å². The quantitative estimate of drug-likeness (QED) is 0.497. The molecule has 5 nitrogen and oxygen atoms in total. The molecule has 1 aromatic rings. The van der Waals surface area contributed by atoms with Gasteiger partial charge in [-0.15, -0.1) is 6.58 Å². The van der Waals surface area contributed by atoms with Crippen LogP contribution in [0.5, 0.6) is 5.75 Å². The third-order valence-electron chi connectivity index (χ3n) is 2.37. The van der Waals surface area contributed by atoms with E-state index in [9.17, 15) is 15.2 Å². The molecule has 0 aliphatic rings. The highest BCUT2D eigenvalue weighted by Gasteiger charge is 2.18. The number of non-ortho nitro benzene ring substituents is 1. The summed E-state index contributed by atoms with van der Waals surface area (Å²) in [5.41, 5.74) is 6.14. The van der Waals surface area contributed by atoms with Crippen LogP contribution in [-0.4, -0.2) is 10.0 Å². The van der Waals surface area contributed by atoms with Crippen molar-refractivity contribution in [3.05, 3.63) is 44.9 Å². The molecule has 0 amide bonds. The number of allylic oxidation sites excluding steroid dienone is 1. The number of nitro groups is 1. The fourth-order valence-electron chi connectivity index (χ4n) is 1.45. The third-order valence-corrected chi connectivity index (χ3v) is 2.97. The first-order chi connectivity index (χ1) is 7.97. The number of phenols is 1. The Morgan fingerprint density at radius 2 is 2.29 bits per heavy atom. The lowest BCUT2D eigenvalue weighted by Crippen LogP contribution is -2.10. The molecule has 1 rings (SSSR count). The minimum absolute atomic E-state index is 0.0489. The second kappa shape index (κ2) is 5.79. The molecule has 92 valence electrons. The number of aromatic hydroxyl groups is 1. The molecule has 0 saturated heterocycles. The SMILES string of the molecule is C=CCC[C@@H](N)c1cc([N+](=O)[O-])cc(Br)c1O.